The molecule has 1 unspecified atom stereocenters. The van der Waals surface area contributed by atoms with Crippen molar-refractivity contribution in [3.8, 4) is 0 Å². The van der Waals surface area contributed by atoms with Crippen LogP contribution in [0.2, 0.25) is 0 Å². The summed E-state index contributed by atoms with van der Waals surface area (Å²) >= 11 is 0. The van der Waals surface area contributed by atoms with Crippen LogP contribution >= 0.6 is 0 Å². The van der Waals surface area contributed by atoms with E-state index in [0.717, 1.165) is 0 Å². The van der Waals surface area contributed by atoms with Gasteiger partial charge in [-0.2, -0.15) is 0 Å². The van der Waals surface area contributed by atoms with Crippen LogP contribution in [0.3, 0.4) is 0 Å². The van der Waals surface area contributed by atoms with Gasteiger partial charge in [-0.3, -0.25) is 4.79 Å². The van der Waals surface area contributed by atoms with Crippen LogP contribution in [0, 0.1) is 5.92 Å². The van der Waals surface area contributed by atoms with Crippen molar-refractivity contribution in [3.05, 3.63) is 0 Å². The van der Waals surface area contributed by atoms with E-state index in [1.54, 1.807) is 0 Å². The number of hydrogen-bond donors (Lipinski definition) is 1. The van der Waals surface area contributed by atoms with Gasteiger partial charge in [-0.05, 0) is 31.6 Å². The lowest BCUT2D eigenvalue weighted by Gasteiger charge is -2.40. The Morgan fingerprint density at radius 2 is 1.90 bits per heavy atom. The Hall–Kier alpha value is -0.370. The molecule has 0 amide bonds. The third kappa shape index (κ3) is 0.870. The van der Waals surface area contributed by atoms with E-state index in [4.69, 9.17) is 0 Å². The molecular weight excluding hydrogens is 126 g/mol. The van der Waals surface area contributed by atoms with Crippen LogP contribution in [0.4, 0.5) is 0 Å². The van der Waals surface area contributed by atoms with Gasteiger partial charge in [-0.15, -0.1) is 0 Å². The van der Waals surface area contributed by atoms with Crippen molar-refractivity contribution < 1.29 is 4.79 Å². The fourth-order valence-corrected chi connectivity index (χ4v) is 2.14. The Balaban J connectivity index is 2.07. The standard InChI is InChI=1S/C8H12NO/c10-5-8-6-1-3-7(9-8)4-2-6/h6-9H,1-4H2. The highest BCUT2D eigenvalue weighted by Crippen LogP contribution is 2.31. The molecule has 2 saturated heterocycles. The average molecular weight is 138 g/mol. The van der Waals surface area contributed by atoms with E-state index in [0.29, 0.717) is 12.0 Å². The molecule has 0 aromatic carbocycles. The zero-order valence-electron chi connectivity index (χ0n) is 5.97. The van der Waals surface area contributed by atoms with Crippen LogP contribution in [0.5, 0.6) is 0 Å². The maximum atomic E-state index is 10.4. The largest absolute Gasteiger partial charge is 0.304 e. The molecule has 1 N–H and O–H groups in total. The second kappa shape index (κ2) is 2.35. The fourth-order valence-electron chi connectivity index (χ4n) is 2.14. The summed E-state index contributed by atoms with van der Waals surface area (Å²) in [7, 11) is 0. The molecule has 2 aliphatic heterocycles. The predicted molar refractivity (Wildman–Crippen MR) is 38.4 cm³/mol. The van der Waals surface area contributed by atoms with Gasteiger partial charge in [0, 0.05) is 6.04 Å². The van der Waals surface area contributed by atoms with E-state index in [1.807, 2.05) is 0 Å². The number of rotatable bonds is 1. The van der Waals surface area contributed by atoms with Crippen molar-refractivity contribution in [1.29, 1.82) is 0 Å². The van der Waals surface area contributed by atoms with E-state index in [2.05, 4.69) is 11.6 Å². The quantitative estimate of drug-likeness (QED) is 0.575. The van der Waals surface area contributed by atoms with Crippen molar-refractivity contribution in [2.75, 3.05) is 0 Å². The lowest BCUT2D eigenvalue weighted by molar-refractivity contribution is 0.182. The molecule has 10 heavy (non-hydrogen) atoms. The summed E-state index contributed by atoms with van der Waals surface area (Å²) in [6.45, 7) is 0. The topological polar surface area (TPSA) is 29.1 Å². The summed E-state index contributed by atoms with van der Waals surface area (Å²) in [6.07, 6.45) is 7.08. The summed E-state index contributed by atoms with van der Waals surface area (Å²) in [6, 6.07) is 0.684. The summed E-state index contributed by atoms with van der Waals surface area (Å²) in [5.41, 5.74) is 0. The first-order valence-corrected chi connectivity index (χ1v) is 4.04. The van der Waals surface area contributed by atoms with Gasteiger partial charge in [0.25, 0.3) is 0 Å². The van der Waals surface area contributed by atoms with Gasteiger partial charge < -0.3 is 5.32 Å². The first kappa shape index (κ1) is 6.35. The summed E-state index contributed by atoms with van der Waals surface area (Å²) in [5.74, 6) is 0.600. The highest BCUT2D eigenvalue weighted by molar-refractivity contribution is 5.59. The van der Waals surface area contributed by atoms with Crippen LogP contribution in [0.1, 0.15) is 25.7 Å². The van der Waals surface area contributed by atoms with Crippen LogP contribution < -0.4 is 5.32 Å². The number of piperidine rings is 2. The smallest absolute Gasteiger partial charge is 0.217 e. The SMILES string of the molecule is O=[C]C1NC2CCC1CC2. The minimum Gasteiger partial charge on any atom is -0.304 e. The van der Waals surface area contributed by atoms with Gasteiger partial charge in [-0.25, -0.2) is 0 Å². The number of fused-ring (bicyclic) bond motifs is 3. The van der Waals surface area contributed by atoms with Gasteiger partial charge in [0.15, 0.2) is 0 Å². The Morgan fingerprint density at radius 3 is 2.20 bits per heavy atom. The third-order valence-electron chi connectivity index (χ3n) is 2.79. The summed E-state index contributed by atoms with van der Waals surface area (Å²) in [4.78, 5) is 10.4. The van der Waals surface area contributed by atoms with E-state index >= 15 is 0 Å². The monoisotopic (exact) mass is 138 g/mol. The third-order valence-corrected chi connectivity index (χ3v) is 2.79. The molecule has 55 valence electrons. The number of hydrogen-bond acceptors (Lipinski definition) is 2. The van der Waals surface area contributed by atoms with Gasteiger partial charge in [0.05, 0.1) is 6.04 Å². The maximum absolute atomic E-state index is 10.4. The van der Waals surface area contributed by atoms with Crippen LogP contribution in [0.15, 0.2) is 0 Å². The maximum Gasteiger partial charge on any atom is 0.217 e. The van der Waals surface area contributed by atoms with E-state index in [1.165, 1.54) is 25.7 Å². The fraction of sp³-hybridized carbons (Fsp3) is 0.875. The first-order chi connectivity index (χ1) is 4.90. The minimum atomic E-state index is 0.0625. The van der Waals surface area contributed by atoms with Gasteiger partial charge in [-0.1, -0.05) is 0 Å². The molecule has 2 heterocycles. The zero-order valence-corrected chi connectivity index (χ0v) is 5.97. The second-order valence-corrected chi connectivity index (χ2v) is 3.37. The Labute approximate surface area is 61.0 Å². The molecule has 3 aliphatic rings. The summed E-state index contributed by atoms with van der Waals surface area (Å²) < 4.78 is 0. The zero-order chi connectivity index (χ0) is 6.97. The van der Waals surface area contributed by atoms with Crippen LogP contribution in [0.25, 0.3) is 0 Å². The molecular formula is C8H12NO. The van der Waals surface area contributed by atoms with Crippen molar-refractivity contribution in [2.45, 2.75) is 37.8 Å². The number of nitrogens with one attached hydrogen (secondary N) is 1. The molecule has 2 nitrogen and oxygen atoms in total. The molecule has 2 bridgehead atoms. The molecule has 2 heteroatoms. The lowest BCUT2D eigenvalue weighted by atomic mass is 9.77. The first-order valence-electron chi connectivity index (χ1n) is 4.04. The van der Waals surface area contributed by atoms with Crippen molar-refractivity contribution in [2.24, 2.45) is 5.92 Å². The minimum absolute atomic E-state index is 0.0625. The van der Waals surface area contributed by atoms with E-state index in [9.17, 15) is 4.79 Å². The van der Waals surface area contributed by atoms with E-state index < -0.39 is 0 Å². The molecule has 1 atom stereocenters. The normalized spacial score (nSPS) is 45.4. The van der Waals surface area contributed by atoms with Gasteiger partial charge in [0.1, 0.15) is 0 Å². The molecule has 0 aromatic heterocycles. The lowest BCUT2D eigenvalue weighted by Crippen LogP contribution is -2.52. The Morgan fingerprint density at radius 1 is 1.20 bits per heavy atom. The second-order valence-electron chi connectivity index (χ2n) is 3.37. The molecule has 1 radical (unpaired) electrons. The van der Waals surface area contributed by atoms with Gasteiger partial charge in [0.2, 0.25) is 6.29 Å². The highest BCUT2D eigenvalue weighted by atomic mass is 16.1. The highest BCUT2D eigenvalue weighted by Gasteiger charge is 2.34. The predicted octanol–water partition coefficient (Wildman–Crippen LogP) is 0.627. The Kier molecular flexibility index (Phi) is 1.49. The van der Waals surface area contributed by atoms with Crippen molar-refractivity contribution in [3.63, 3.8) is 0 Å². The van der Waals surface area contributed by atoms with Gasteiger partial charge >= 0.3 is 0 Å². The van der Waals surface area contributed by atoms with E-state index in [-0.39, 0.29) is 6.04 Å². The number of carbonyl (C=O) groups excluding carboxylic acids is 1. The Bertz CT molecular complexity index is 138. The summed E-state index contributed by atoms with van der Waals surface area (Å²) in [5, 5.41) is 3.28. The molecule has 3 fully saturated rings. The van der Waals surface area contributed by atoms with Crippen LogP contribution in [-0.4, -0.2) is 18.4 Å². The molecule has 1 saturated carbocycles. The average Bonchev–Trinajstić information content (AvgIpc) is 2.06. The van der Waals surface area contributed by atoms with Crippen molar-refractivity contribution >= 4 is 6.29 Å². The molecule has 0 aromatic rings. The molecule has 1 aliphatic carbocycles. The molecule has 0 spiro atoms. The van der Waals surface area contributed by atoms with Crippen molar-refractivity contribution in [1.82, 2.24) is 5.32 Å². The molecule has 3 rings (SSSR count). The van der Waals surface area contributed by atoms with Crippen LogP contribution in [-0.2, 0) is 4.79 Å².